The van der Waals surface area contributed by atoms with Gasteiger partial charge in [-0.25, -0.2) is 0 Å². The number of benzene rings is 2. The Hall–Kier alpha value is -3.00. The zero-order valence-corrected chi connectivity index (χ0v) is 16.1. The van der Waals surface area contributed by atoms with Gasteiger partial charge in [-0.1, -0.05) is 36.0 Å². The van der Waals surface area contributed by atoms with Crippen LogP contribution in [0.1, 0.15) is 12.5 Å². The third-order valence-electron chi connectivity index (χ3n) is 3.99. The number of aliphatic carboxylic acids is 1. The number of anilines is 1. The molecule has 0 saturated carbocycles. The fourth-order valence-electron chi connectivity index (χ4n) is 2.68. The molecule has 2 aromatic carbocycles. The second-order valence-corrected chi connectivity index (χ2v) is 7.38. The standard InChI is InChI=1S/C20H21NO6S/c1-13(22)28-12-15(9-14-7-8-17(23)18(24)10-14)20(27)21(11-19(25)26)16-5-3-2-4-6-16/h2-8,10,15,23-24H,9,11-12H2,1H3,(H,25,26). The van der Waals surface area contributed by atoms with E-state index in [-0.39, 0.29) is 28.8 Å². The van der Waals surface area contributed by atoms with Crippen LogP contribution in [0.5, 0.6) is 11.5 Å². The second-order valence-electron chi connectivity index (χ2n) is 6.18. The third kappa shape index (κ3) is 6.02. The van der Waals surface area contributed by atoms with E-state index >= 15 is 0 Å². The highest BCUT2D eigenvalue weighted by atomic mass is 32.2. The Bertz CT molecular complexity index is 855. The number of para-hydroxylation sites is 1. The van der Waals surface area contributed by atoms with Gasteiger partial charge in [0.05, 0.1) is 5.92 Å². The molecule has 1 amide bonds. The van der Waals surface area contributed by atoms with Crippen LogP contribution in [0, 0.1) is 5.92 Å². The molecule has 3 N–H and O–H groups in total. The maximum absolute atomic E-state index is 13.2. The molecule has 1 unspecified atom stereocenters. The number of thioether (sulfide) groups is 1. The summed E-state index contributed by atoms with van der Waals surface area (Å²) in [5, 5.41) is 28.2. The van der Waals surface area contributed by atoms with Gasteiger partial charge in [0.15, 0.2) is 16.6 Å². The van der Waals surface area contributed by atoms with Crippen LogP contribution in [0.25, 0.3) is 0 Å². The molecule has 0 saturated heterocycles. The number of hydrogen-bond acceptors (Lipinski definition) is 6. The van der Waals surface area contributed by atoms with Crippen molar-refractivity contribution in [3.63, 3.8) is 0 Å². The van der Waals surface area contributed by atoms with E-state index in [0.717, 1.165) is 11.8 Å². The van der Waals surface area contributed by atoms with E-state index in [0.29, 0.717) is 11.3 Å². The monoisotopic (exact) mass is 403 g/mol. The number of carboxylic acid groups (broad SMARTS) is 1. The molecular weight excluding hydrogens is 382 g/mol. The van der Waals surface area contributed by atoms with Crippen LogP contribution in [-0.4, -0.2) is 44.6 Å². The van der Waals surface area contributed by atoms with Crippen molar-refractivity contribution in [2.75, 3.05) is 17.2 Å². The van der Waals surface area contributed by atoms with Crippen LogP contribution in [0.4, 0.5) is 5.69 Å². The average molecular weight is 403 g/mol. The first-order valence-electron chi connectivity index (χ1n) is 8.50. The lowest BCUT2D eigenvalue weighted by molar-refractivity contribution is -0.137. The number of carbonyl (C=O) groups is 3. The number of rotatable bonds is 8. The Balaban J connectivity index is 2.32. The Morgan fingerprint density at radius 3 is 2.29 bits per heavy atom. The van der Waals surface area contributed by atoms with Crippen molar-refractivity contribution >= 4 is 34.4 Å². The highest BCUT2D eigenvalue weighted by Crippen LogP contribution is 2.28. The van der Waals surface area contributed by atoms with Gasteiger partial charge >= 0.3 is 5.97 Å². The van der Waals surface area contributed by atoms with Crippen molar-refractivity contribution in [3.8, 4) is 11.5 Å². The summed E-state index contributed by atoms with van der Waals surface area (Å²) in [6.07, 6.45) is 0.176. The molecule has 2 rings (SSSR count). The molecule has 0 aliphatic carbocycles. The molecule has 0 spiro atoms. The van der Waals surface area contributed by atoms with Crippen molar-refractivity contribution in [1.29, 1.82) is 0 Å². The predicted molar refractivity (Wildman–Crippen MR) is 107 cm³/mol. The molecule has 0 aliphatic rings. The Kier molecular flexibility index (Phi) is 7.45. The molecule has 0 aliphatic heterocycles. The minimum absolute atomic E-state index is 0.157. The van der Waals surface area contributed by atoms with E-state index in [1.165, 1.54) is 24.0 Å². The molecule has 0 fully saturated rings. The Morgan fingerprint density at radius 2 is 1.71 bits per heavy atom. The van der Waals surface area contributed by atoms with Crippen molar-refractivity contribution in [2.24, 2.45) is 5.92 Å². The highest BCUT2D eigenvalue weighted by molar-refractivity contribution is 8.13. The number of hydrogen-bond donors (Lipinski definition) is 3. The normalized spacial score (nSPS) is 11.6. The van der Waals surface area contributed by atoms with Gasteiger partial charge in [-0.05, 0) is 36.2 Å². The smallest absolute Gasteiger partial charge is 0.323 e. The van der Waals surface area contributed by atoms with Crippen molar-refractivity contribution in [3.05, 3.63) is 54.1 Å². The lowest BCUT2D eigenvalue weighted by Gasteiger charge is -2.26. The first-order valence-corrected chi connectivity index (χ1v) is 9.49. The molecule has 2 aromatic rings. The summed E-state index contributed by atoms with van der Waals surface area (Å²) in [4.78, 5) is 37.1. The molecule has 148 valence electrons. The first-order chi connectivity index (χ1) is 13.3. The molecule has 8 heteroatoms. The van der Waals surface area contributed by atoms with Crippen LogP contribution < -0.4 is 4.90 Å². The van der Waals surface area contributed by atoms with E-state index in [2.05, 4.69) is 0 Å². The summed E-state index contributed by atoms with van der Waals surface area (Å²) in [5.41, 5.74) is 1.03. The van der Waals surface area contributed by atoms with Crippen molar-refractivity contribution in [1.82, 2.24) is 0 Å². The van der Waals surface area contributed by atoms with Crippen LogP contribution in [0.3, 0.4) is 0 Å². The van der Waals surface area contributed by atoms with Gasteiger partial charge in [-0.2, -0.15) is 0 Å². The molecule has 0 bridgehead atoms. The van der Waals surface area contributed by atoms with Crippen LogP contribution >= 0.6 is 11.8 Å². The number of amides is 1. The molecule has 1 atom stereocenters. The number of phenolic OH excluding ortho intramolecular Hbond substituents is 2. The number of nitrogens with zero attached hydrogens (tertiary/aromatic N) is 1. The lowest BCUT2D eigenvalue weighted by atomic mass is 9.98. The van der Waals surface area contributed by atoms with Crippen LogP contribution in [0.15, 0.2) is 48.5 Å². The van der Waals surface area contributed by atoms with Gasteiger partial charge in [0.2, 0.25) is 5.91 Å². The van der Waals surface area contributed by atoms with Gasteiger partial charge in [-0.3, -0.25) is 14.4 Å². The van der Waals surface area contributed by atoms with Crippen LogP contribution in [-0.2, 0) is 20.8 Å². The quantitative estimate of drug-likeness (QED) is 0.580. The first kappa shape index (κ1) is 21.3. The molecule has 0 radical (unpaired) electrons. The van der Waals surface area contributed by atoms with E-state index in [1.807, 2.05) is 0 Å². The molecule has 28 heavy (non-hydrogen) atoms. The van der Waals surface area contributed by atoms with Gasteiger partial charge in [0.1, 0.15) is 6.54 Å². The predicted octanol–water partition coefficient (Wildman–Crippen LogP) is 2.65. The minimum atomic E-state index is -1.16. The summed E-state index contributed by atoms with van der Waals surface area (Å²) in [7, 11) is 0. The molecule has 0 aromatic heterocycles. The average Bonchev–Trinajstić information content (AvgIpc) is 2.66. The zero-order valence-electron chi connectivity index (χ0n) is 15.2. The Morgan fingerprint density at radius 1 is 1.04 bits per heavy atom. The molecular formula is C20H21NO6S. The topological polar surface area (TPSA) is 115 Å². The Labute approximate surface area is 166 Å². The maximum Gasteiger partial charge on any atom is 0.323 e. The van der Waals surface area contributed by atoms with Gasteiger partial charge in [0.25, 0.3) is 0 Å². The summed E-state index contributed by atoms with van der Waals surface area (Å²) in [6, 6.07) is 12.7. The number of carboxylic acids is 1. The van der Waals surface area contributed by atoms with E-state index < -0.39 is 24.3 Å². The van der Waals surface area contributed by atoms with Crippen molar-refractivity contribution < 1.29 is 29.7 Å². The largest absolute Gasteiger partial charge is 0.504 e. The maximum atomic E-state index is 13.2. The SMILES string of the molecule is CC(=O)SCC(Cc1ccc(O)c(O)c1)C(=O)N(CC(=O)O)c1ccccc1. The van der Waals surface area contributed by atoms with Crippen molar-refractivity contribution in [2.45, 2.75) is 13.3 Å². The molecule has 7 nitrogen and oxygen atoms in total. The van der Waals surface area contributed by atoms with E-state index in [4.69, 9.17) is 0 Å². The minimum Gasteiger partial charge on any atom is -0.504 e. The fraction of sp³-hybridized carbons (Fsp3) is 0.250. The molecule has 0 heterocycles. The van der Waals surface area contributed by atoms with Gasteiger partial charge in [-0.15, -0.1) is 0 Å². The van der Waals surface area contributed by atoms with Gasteiger partial charge < -0.3 is 20.2 Å². The number of carbonyl (C=O) groups excluding carboxylic acids is 2. The third-order valence-corrected chi connectivity index (χ3v) is 4.96. The summed E-state index contributed by atoms with van der Waals surface area (Å²) in [6.45, 7) is 0.885. The summed E-state index contributed by atoms with van der Waals surface area (Å²) in [5.74, 6) is -2.71. The second kappa shape index (κ2) is 9.80. The fourth-order valence-corrected chi connectivity index (χ4v) is 3.37. The van der Waals surface area contributed by atoms with E-state index in [1.54, 1.807) is 36.4 Å². The number of phenols is 2. The highest BCUT2D eigenvalue weighted by Gasteiger charge is 2.28. The summed E-state index contributed by atoms with van der Waals surface area (Å²) < 4.78 is 0. The zero-order chi connectivity index (χ0) is 20.7. The van der Waals surface area contributed by atoms with Gasteiger partial charge in [0, 0.05) is 18.4 Å². The number of aromatic hydroxyl groups is 2. The van der Waals surface area contributed by atoms with Crippen LogP contribution in [0.2, 0.25) is 0 Å². The lowest BCUT2D eigenvalue weighted by Crippen LogP contribution is -2.41. The van der Waals surface area contributed by atoms with E-state index in [9.17, 15) is 29.7 Å². The summed E-state index contributed by atoms with van der Waals surface area (Å²) >= 11 is 0.980.